The molecule has 0 aliphatic carbocycles. The summed E-state index contributed by atoms with van der Waals surface area (Å²) in [6.45, 7) is 9.04. The van der Waals surface area contributed by atoms with E-state index in [1.165, 1.54) is 5.57 Å². The van der Waals surface area contributed by atoms with Gasteiger partial charge in [0.1, 0.15) is 0 Å². The van der Waals surface area contributed by atoms with Crippen molar-refractivity contribution >= 4 is 23.1 Å². The summed E-state index contributed by atoms with van der Waals surface area (Å²) in [5.74, 6) is 0. The van der Waals surface area contributed by atoms with Crippen molar-refractivity contribution in [2.45, 2.75) is 6.42 Å². The molecule has 0 saturated heterocycles. The minimum Gasteiger partial charge on any atom is -1.00 e. The monoisotopic (exact) mass is 223 g/mol. The average molecular weight is 224 g/mol. The third kappa shape index (κ3) is 5.67. The maximum absolute atomic E-state index is 4.00. The first-order valence-electron chi connectivity index (χ1n) is 3.97. The molecule has 0 amide bonds. The molecule has 0 aromatic rings. The molecule has 74 valence electrons. The largest absolute Gasteiger partial charge is 2.00 e. The Balaban J connectivity index is 0. The smallest absolute Gasteiger partial charge is 1.00 e. The summed E-state index contributed by atoms with van der Waals surface area (Å²) in [5, 5.41) is 1.99. The zero-order chi connectivity index (χ0) is 8.81. The number of nitrogens with one attached hydrogen (secondary N) is 1. The van der Waals surface area contributed by atoms with Crippen LogP contribution >= 0.6 is 0 Å². The van der Waals surface area contributed by atoms with Gasteiger partial charge in [-0.05, 0) is 6.42 Å². The summed E-state index contributed by atoms with van der Waals surface area (Å²) in [7, 11) is 0. The normalized spacial score (nSPS) is 15.3. The van der Waals surface area contributed by atoms with Crippen LogP contribution in [-0.2, 0) is 0 Å². The zero-order valence-corrected chi connectivity index (χ0v) is 10.4. The summed E-state index contributed by atoms with van der Waals surface area (Å²) in [6, 6.07) is 0. The van der Waals surface area contributed by atoms with Gasteiger partial charge < -0.3 is 23.4 Å². The summed E-state index contributed by atoms with van der Waals surface area (Å²) >= 11 is 0. The Bertz CT molecular complexity index is 206. The molecule has 0 spiro atoms. The molecular weight excluding hydrogens is 210 g/mol. The van der Waals surface area contributed by atoms with Gasteiger partial charge >= 0.3 is 23.1 Å². The SMILES string of the molecule is C=CCC1=C[N-]NN(CC=C)C1.[Cl-].[Mg+2]. The van der Waals surface area contributed by atoms with Gasteiger partial charge in [-0.2, -0.15) is 6.20 Å². The van der Waals surface area contributed by atoms with Crippen molar-refractivity contribution in [1.82, 2.24) is 10.5 Å². The second-order valence-corrected chi connectivity index (χ2v) is 2.68. The molecule has 1 rings (SSSR count). The van der Waals surface area contributed by atoms with Crippen LogP contribution in [0.2, 0.25) is 0 Å². The van der Waals surface area contributed by atoms with Crippen LogP contribution in [0.1, 0.15) is 6.42 Å². The van der Waals surface area contributed by atoms with Crippen molar-refractivity contribution in [1.29, 1.82) is 0 Å². The van der Waals surface area contributed by atoms with Crippen molar-refractivity contribution in [3.8, 4) is 0 Å². The van der Waals surface area contributed by atoms with Crippen LogP contribution in [0.4, 0.5) is 0 Å². The Morgan fingerprint density at radius 1 is 1.50 bits per heavy atom. The quantitative estimate of drug-likeness (QED) is 0.458. The number of rotatable bonds is 4. The maximum atomic E-state index is 4.00. The topological polar surface area (TPSA) is 29.4 Å². The van der Waals surface area contributed by atoms with Crippen LogP contribution < -0.4 is 17.9 Å². The van der Waals surface area contributed by atoms with E-state index in [9.17, 15) is 0 Å². The Morgan fingerprint density at radius 2 is 2.21 bits per heavy atom. The van der Waals surface area contributed by atoms with E-state index in [0.717, 1.165) is 19.5 Å². The van der Waals surface area contributed by atoms with Crippen LogP contribution in [0.15, 0.2) is 37.1 Å². The number of nitrogens with zero attached hydrogens (tertiary/aromatic N) is 2. The molecule has 0 aromatic carbocycles. The second kappa shape index (κ2) is 9.55. The standard InChI is InChI=1S/C9H14N3.ClH.Mg/c1-3-5-9-7-10-11-12(8-9)6-4-2;;/h3-4,7,11H,1-2,5-6,8H2;1H;/q-1;;+2/p-1. The Labute approximate surface area is 108 Å². The minimum atomic E-state index is 0. The fourth-order valence-corrected chi connectivity index (χ4v) is 1.09. The number of hydrogen-bond donors (Lipinski definition) is 1. The van der Waals surface area contributed by atoms with Crippen molar-refractivity contribution in [3.05, 3.63) is 42.5 Å². The van der Waals surface area contributed by atoms with Crippen LogP contribution in [-0.4, -0.2) is 41.2 Å². The zero-order valence-electron chi connectivity index (χ0n) is 8.25. The summed E-state index contributed by atoms with van der Waals surface area (Å²) in [6.07, 6.45) is 6.48. The number of allylic oxidation sites excluding steroid dienone is 1. The molecule has 0 radical (unpaired) electrons. The molecule has 5 heteroatoms. The van der Waals surface area contributed by atoms with Crippen LogP contribution in [0, 0.1) is 0 Å². The van der Waals surface area contributed by atoms with E-state index in [-0.39, 0.29) is 35.5 Å². The van der Waals surface area contributed by atoms with Crippen LogP contribution in [0.5, 0.6) is 0 Å². The maximum Gasteiger partial charge on any atom is 2.00 e. The Hall–Kier alpha value is -0.00377. The first kappa shape index (κ1) is 16.4. The van der Waals surface area contributed by atoms with Crippen molar-refractivity contribution in [2.75, 3.05) is 13.1 Å². The molecule has 0 saturated carbocycles. The first-order chi connectivity index (χ1) is 5.86. The van der Waals surface area contributed by atoms with Gasteiger partial charge in [-0.3, -0.25) is 5.01 Å². The molecule has 14 heavy (non-hydrogen) atoms. The van der Waals surface area contributed by atoms with Gasteiger partial charge in [0.05, 0.1) is 0 Å². The van der Waals surface area contributed by atoms with Gasteiger partial charge in [-0.15, -0.1) is 13.2 Å². The molecule has 1 aliphatic heterocycles. The number of halogens is 1. The van der Waals surface area contributed by atoms with Gasteiger partial charge in [0.2, 0.25) is 0 Å². The second-order valence-electron chi connectivity index (χ2n) is 2.68. The predicted molar refractivity (Wildman–Crippen MR) is 56.9 cm³/mol. The Morgan fingerprint density at radius 3 is 2.79 bits per heavy atom. The van der Waals surface area contributed by atoms with Crippen molar-refractivity contribution in [2.24, 2.45) is 0 Å². The van der Waals surface area contributed by atoms with Crippen LogP contribution in [0.3, 0.4) is 0 Å². The van der Waals surface area contributed by atoms with E-state index in [0.29, 0.717) is 0 Å². The molecule has 0 unspecified atom stereocenters. The molecule has 1 aliphatic rings. The summed E-state index contributed by atoms with van der Waals surface area (Å²) in [4.78, 5) is 0. The molecular formula is C9H14ClMgN3. The van der Waals surface area contributed by atoms with E-state index in [1.54, 1.807) is 0 Å². The third-order valence-corrected chi connectivity index (χ3v) is 1.60. The van der Waals surface area contributed by atoms with Gasteiger partial charge in [0.25, 0.3) is 0 Å². The third-order valence-electron chi connectivity index (χ3n) is 1.60. The molecule has 0 fully saturated rings. The Kier molecular flexibility index (Phi) is 11.2. The summed E-state index contributed by atoms with van der Waals surface area (Å²) in [5.41, 5.74) is 8.15. The van der Waals surface area contributed by atoms with E-state index < -0.39 is 0 Å². The molecule has 1 heterocycles. The molecule has 0 bridgehead atoms. The van der Waals surface area contributed by atoms with E-state index in [4.69, 9.17) is 0 Å². The molecule has 0 aromatic heterocycles. The summed E-state index contributed by atoms with van der Waals surface area (Å²) < 4.78 is 0. The fourth-order valence-electron chi connectivity index (χ4n) is 1.09. The van der Waals surface area contributed by atoms with Crippen LogP contribution in [0.25, 0.3) is 5.43 Å². The molecule has 1 N–H and O–H groups in total. The first-order valence-corrected chi connectivity index (χ1v) is 3.97. The predicted octanol–water partition coefficient (Wildman–Crippen LogP) is -1.64. The minimum absolute atomic E-state index is 0. The van der Waals surface area contributed by atoms with E-state index in [2.05, 4.69) is 24.1 Å². The number of hydrazine groups is 1. The number of hydrogen-bond acceptors (Lipinski definition) is 2. The van der Waals surface area contributed by atoms with Crippen molar-refractivity contribution in [3.63, 3.8) is 0 Å². The molecule has 3 nitrogen and oxygen atoms in total. The van der Waals surface area contributed by atoms with Gasteiger partial charge in [-0.25, -0.2) is 0 Å². The van der Waals surface area contributed by atoms with Crippen molar-refractivity contribution < 1.29 is 12.4 Å². The van der Waals surface area contributed by atoms with E-state index >= 15 is 0 Å². The fraction of sp³-hybridized carbons (Fsp3) is 0.333. The van der Waals surface area contributed by atoms with Gasteiger partial charge in [0, 0.05) is 13.1 Å². The van der Waals surface area contributed by atoms with Gasteiger partial charge in [0.15, 0.2) is 0 Å². The average Bonchev–Trinajstić information content (AvgIpc) is 2.06. The van der Waals surface area contributed by atoms with Gasteiger partial charge in [-0.1, -0.05) is 17.7 Å². The molecule has 0 atom stereocenters. The van der Waals surface area contributed by atoms with E-state index in [1.807, 2.05) is 23.4 Å².